The zero-order valence-corrected chi connectivity index (χ0v) is 21.7. The molecule has 0 aromatic heterocycles. The summed E-state index contributed by atoms with van der Waals surface area (Å²) in [7, 11) is 0. The van der Waals surface area contributed by atoms with Crippen molar-refractivity contribution in [2.75, 3.05) is 13.2 Å². The van der Waals surface area contributed by atoms with Gasteiger partial charge in [0.1, 0.15) is 31.0 Å². The maximum absolute atomic E-state index is 12.3. The normalized spacial score (nSPS) is 26.3. The van der Waals surface area contributed by atoms with Crippen LogP contribution in [0.5, 0.6) is 0 Å². The Bertz CT molecular complexity index is 922. The van der Waals surface area contributed by atoms with Crippen molar-refractivity contribution in [3.63, 3.8) is 0 Å². The Balaban J connectivity index is 1.34. The Morgan fingerprint density at radius 2 is 1.49 bits per heavy atom. The number of esters is 1. The molecule has 2 aromatic rings. The molecule has 0 amide bonds. The second-order valence-corrected chi connectivity index (χ2v) is 9.82. The Hall–Kier alpha value is -2.29. The van der Waals surface area contributed by atoms with Crippen LogP contribution in [0.25, 0.3) is 0 Å². The summed E-state index contributed by atoms with van der Waals surface area (Å²) in [4.78, 5) is 12.3. The summed E-state index contributed by atoms with van der Waals surface area (Å²) in [6.07, 6.45) is 4.11. The number of aliphatic hydroxyl groups is 1. The van der Waals surface area contributed by atoms with Crippen molar-refractivity contribution in [3.05, 3.63) is 71.8 Å². The predicted molar refractivity (Wildman–Crippen MR) is 139 cm³/mol. The molecule has 2 aromatic carbocycles. The van der Waals surface area contributed by atoms with Gasteiger partial charge in [0, 0.05) is 17.5 Å². The van der Waals surface area contributed by atoms with Gasteiger partial charge in [0.15, 0.2) is 12.6 Å². The van der Waals surface area contributed by atoms with Crippen LogP contribution in [0.4, 0.5) is 0 Å². The first-order valence-corrected chi connectivity index (χ1v) is 13.7. The van der Waals surface area contributed by atoms with Gasteiger partial charge in [-0.05, 0) is 6.42 Å². The van der Waals surface area contributed by atoms with Gasteiger partial charge >= 0.3 is 5.97 Å². The van der Waals surface area contributed by atoms with Crippen LogP contribution in [0.15, 0.2) is 60.7 Å². The van der Waals surface area contributed by atoms with Crippen molar-refractivity contribution in [2.45, 2.75) is 95.3 Å². The third kappa shape index (κ3) is 8.09. The number of rotatable bonds is 13. The number of hydrogen-bond donors (Lipinski definition) is 1. The van der Waals surface area contributed by atoms with Crippen LogP contribution >= 0.6 is 0 Å². The molecule has 2 fully saturated rings. The van der Waals surface area contributed by atoms with Crippen LogP contribution in [0.2, 0.25) is 0 Å². The van der Waals surface area contributed by atoms with E-state index in [1.165, 1.54) is 25.7 Å². The van der Waals surface area contributed by atoms with Crippen molar-refractivity contribution < 1.29 is 33.6 Å². The second-order valence-electron chi connectivity index (χ2n) is 9.82. The Labute approximate surface area is 220 Å². The summed E-state index contributed by atoms with van der Waals surface area (Å²) in [6, 6.07) is 19.2. The highest BCUT2D eigenvalue weighted by Crippen LogP contribution is 2.38. The predicted octanol–water partition coefficient (Wildman–Crippen LogP) is 5.63. The molecule has 0 saturated carbocycles. The lowest BCUT2D eigenvalue weighted by Gasteiger charge is -2.47. The quantitative estimate of drug-likeness (QED) is 0.275. The standard InChI is InChI=1S/C30H40O7/c1-2-3-4-5-6-7-14-19-26(32)33-20-24(31)27-28-25(35-30(36-27)23-17-12-9-13-18-23)21-34-29(37-28)22-15-10-8-11-16-22/h8-13,15-18,24-25,27-31H,2-7,14,19-21H2,1H3. The number of fused-ring (bicyclic) bond motifs is 1. The molecule has 0 aliphatic carbocycles. The average Bonchev–Trinajstić information content (AvgIpc) is 2.95. The minimum Gasteiger partial charge on any atom is -0.463 e. The zero-order valence-electron chi connectivity index (χ0n) is 21.7. The molecule has 2 saturated heterocycles. The van der Waals surface area contributed by atoms with Crippen molar-refractivity contribution in [3.8, 4) is 0 Å². The molecule has 2 heterocycles. The number of unbranched alkanes of at least 4 members (excludes halogenated alkanes) is 6. The van der Waals surface area contributed by atoms with Crippen molar-refractivity contribution >= 4 is 5.97 Å². The lowest BCUT2D eigenvalue weighted by Crippen LogP contribution is -2.58. The smallest absolute Gasteiger partial charge is 0.305 e. The molecule has 6 atom stereocenters. The van der Waals surface area contributed by atoms with Crippen LogP contribution in [0, 0.1) is 0 Å². The van der Waals surface area contributed by atoms with Crippen LogP contribution in [0.3, 0.4) is 0 Å². The van der Waals surface area contributed by atoms with E-state index in [2.05, 4.69) is 6.92 Å². The highest BCUT2D eigenvalue weighted by atomic mass is 16.8. The zero-order chi connectivity index (χ0) is 25.9. The summed E-state index contributed by atoms with van der Waals surface area (Å²) in [5.41, 5.74) is 1.71. The van der Waals surface area contributed by atoms with Gasteiger partial charge in [-0.15, -0.1) is 0 Å². The maximum Gasteiger partial charge on any atom is 0.305 e. The van der Waals surface area contributed by atoms with E-state index in [1.54, 1.807) is 0 Å². The number of carbonyl (C=O) groups excluding carboxylic acids is 1. The van der Waals surface area contributed by atoms with Crippen molar-refractivity contribution in [1.82, 2.24) is 0 Å². The van der Waals surface area contributed by atoms with E-state index in [4.69, 9.17) is 23.7 Å². The molecule has 2 aliphatic heterocycles. The number of aliphatic hydroxyl groups excluding tert-OH is 1. The van der Waals surface area contributed by atoms with Crippen LogP contribution in [-0.2, 0) is 28.5 Å². The lowest BCUT2D eigenvalue weighted by atomic mass is 9.99. The van der Waals surface area contributed by atoms with Gasteiger partial charge in [-0.1, -0.05) is 106 Å². The monoisotopic (exact) mass is 512 g/mol. The topological polar surface area (TPSA) is 83.5 Å². The van der Waals surface area contributed by atoms with Gasteiger partial charge < -0.3 is 28.8 Å². The number of hydrogen-bond acceptors (Lipinski definition) is 7. The van der Waals surface area contributed by atoms with E-state index < -0.39 is 37.0 Å². The molecule has 0 bridgehead atoms. The number of carbonyl (C=O) groups is 1. The molecule has 7 nitrogen and oxygen atoms in total. The molecule has 2 aliphatic rings. The van der Waals surface area contributed by atoms with Gasteiger partial charge in [-0.25, -0.2) is 0 Å². The SMILES string of the molecule is CCCCCCCCCC(=O)OCC(O)C1OC(c2ccccc2)OC2COC(c3ccccc3)OC21. The first-order valence-electron chi connectivity index (χ1n) is 13.7. The van der Waals surface area contributed by atoms with Crippen LogP contribution in [0.1, 0.15) is 82.0 Å². The molecule has 0 radical (unpaired) electrons. The summed E-state index contributed by atoms with van der Waals surface area (Å²) < 4.78 is 30.0. The van der Waals surface area contributed by atoms with Crippen LogP contribution in [-0.4, -0.2) is 48.7 Å². The maximum atomic E-state index is 12.3. The Morgan fingerprint density at radius 3 is 2.16 bits per heavy atom. The van der Waals surface area contributed by atoms with Crippen LogP contribution < -0.4 is 0 Å². The van der Waals surface area contributed by atoms with E-state index in [-0.39, 0.29) is 19.2 Å². The molecule has 202 valence electrons. The van der Waals surface area contributed by atoms with Crippen molar-refractivity contribution in [1.29, 1.82) is 0 Å². The van der Waals surface area contributed by atoms with Gasteiger partial charge in [0.2, 0.25) is 0 Å². The van der Waals surface area contributed by atoms with E-state index in [1.807, 2.05) is 60.7 Å². The second kappa shape index (κ2) is 14.6. The fraction of sp³-hybridized carbons (Fsp3) is 0.567. The lowest BCUT2D eigenvalue weighted by molar-refractivity contribution is -0.373. The Kier molecular flexibility index (Phi) is 10.9. The average molecular weight is 513 g/mol. The molecule has 37 heavy (non-hydrogen) atoms. The van der Waals surface area contributed by atoms with Gasteiger partial charge in [-0.2, -0.15) is 0 Å². The van der Waals surface area contributed by atoms with Gasteiger partial charge in [0.25, 0.3) is 0 Å². The summed E-state index contributed by atoms with van der Waals surface area (Å²) >= 11 is 0. The van der Waals surface area contributed by atoms with E-state index >= 15 is 0 Å². The highest BCUT2D eigenvalue weighted by molar-refractivity contribution is 5.69. The fourth-order valence-electron chi connectivity index (χ4n) is 4.80. The minimum absolute atomic E-state index is 0.162. The van der Waals surface area contributed by atoms with E-state index in [0.29, 0.717) is 6.42 Å². The molecule has 4 rings (SSSR count). The van der Waals surface area contributed by atoms with E-state index in [9.17, 15) is 9.90 Å². The van der Waals surface area contributed by atoms with Gasteiger partial charge in [0.05, 0.1) is 6.61 Å². The molecular formula is C30H40O7. The summed E-state index contributed by atoms with van der Waals surface area (Å²) in [5.74, 6) is -0.300. The molecular weight excluding hydrogens is 472 g/mol. The first-order chi connectivity index (χ1) is 18.2. The summed E-state index contributed by atoms with van der Waals surface area (Å²) in [6.45, 7) is 2.33. The number of benzene rings is 2. The molecule has 0 spiro atoms. The summed E-state index contributed by atoms with van der Waals surface area (Å²) in [5, 5.41) is 11.1. The van der Waals surface area contributed by atoms with E-state index in [0.717, 1.165) is 30.4 Å². The number of ether oxygens (including phenoxy) is 5. The highest BCUT2D eigenvalue weighted by Gasteiger charge is 2.48. The fourth-order valence-corrected chi connectivity index (χ4v) is 4.80. The molecule has 1 N–H and O–H groups in total. The Morgan fingerprint density at radius 1 is 0.865 bits per heavy atom. The molecule has 7 heteroatoms. The third-order valence-corrected chi connectivity index (χ3v) is 6.88. The third-order valence-electron chi connectivity index (χ3n) is 6.88. The molecule has 6 unspecified atom stereocenters. The van der Waals surface area contributed by atoms with Gasteiger partial charge in [-0.3, -0.25) is 4.79 Å². The largest absolute Gasteiger partial charge is 0.463 e. The minimum atomic E-state index is -1.07. The first kappa shape index (κ1) is 27.7. The van der Waals surface area contributed by atoms with Crippen molar-refractivity contribution in [2.24, 2.45) is 0 Å².